The van der Waals surface area contributed by atoms with Crippen LogP contribution in [0.4, 0.5) is 5.69 Å². The van der Waals surface area contributed by atoms with Gasteiger partial charge in [-0.25, -0.2) is 4.79 Å². The van der Waals surface area contributed by atoms with E-state index in [0.29, 0.717) is 19.3 Å². The van der Waals surface area contributed by atoms with Crippen LogP contribution in [0.2, 0.25) is 0 Å². The zero-order chi connectivity index (χ0) is 14.8. The lowest BCUT2D eigenvalue weighted by molar-refractivity contribution is -0.139. The Balaban J connectivity index is 1.73. The summed E-state index contributed by atoms with van der Waals surface area (Å²) in [5, 5.41) is 9.37. The fourth-order valence-corrected chi connectivity index (χ4v) is 3.17. The SMILES string of the molecule is O=C(O)C1Cc2ccccc2N1C(=O)CCC1CCCO1. The number of carboxylic acid groups (broad SMARTS) is 1. The monoisotopic (exact) mass is 289 g/mol. The van der Waals surface area contributed by atoms with Crippen LogP contribution in [-0.4, -0.2) is 35.7 Å². The van der Waals surface area contributed by atoms with Gasteiger partial charge >= 0.3 is 5.97 Å². The molecule has 1 aromatic carbocycles. The highest BCUT2D eigenvalue weighted by Gasteiger charge is 2.38. The van der Waals surface area contributed by atoms with Crippen molar-refractivity contribution in [1.29, 1.82) is 0 Å². The topological polar surface area (TPSA) is 66.8 Å². The van der Waals surface area contributed by atoms with Crippen LogP contribution >= 0.6 is 0 Å². The predicted molar refractivity (Wildman–Crippen MR) is 77.3 cm³/mol. The quantitative estimate of drug-likeness (QED) is 0.920. The summed E-state index contributed by atoms with van der Waals surface area (Å²) in [4.78, 5) is 25.4. The van der Waals surface area contributed by atoms with Gasteiger partial charge in [-0.15, -0.1) is 0 Å². The third kappa shape index (κ3) is 2.78. The lowest BCUT2D eigenvalue weighted by Crippen LogP contribution is -2.43. The average Bonchev–Trinajstić information content (AvgIpc) is 3.11. The number of carboxylic acids is 1. The van der Waals surface area contributed by atoms with E-state index in [-0.39, 0.29) is 12.0 Å². The molecule has 1 saturated heterocycles. The highest BCUT2D eigenvalue weighted by molar-refractivity contribution is 6.01. The maximum absolute atomic E-state index is 12.5. The first-order chi connectivity index (χ1) is 10.2. The van der Waals surface area contributed by atoms with Gasteiger partial charge in [0, 0.05) is 25.1 Å². The van der Waals surface area contributed by atoms with E-state index in [1.807, 2.05) is 24.3 Å². The maximum Gasteiger partial charge on any atom is 0.327 e. The summed E-state index contributed by atoms with van der Waals surface area (Å²) in [6, 6.07) is 6.64. The Labute approximate surface area is 123 Å². The molecule has 0 aliphatic carbocycles. The zero-order valence-corrected chi connectivity index (χ0v) is 11.8. The van der Waals surface area contributed by atoms with Crippen molar-refractivity contribution in [2.75, 3.05) is 11.5 Å². The number of ether oxygens (including phenoxy) is 1. The number of anilines is 1. The summed E-state index contributed by atoms with van der Waals surface area (Å²) in [5.74, 6) is -1.07. The van der Waals surface area contributed by atoms with E-state index in [0.717, 1.165) is 30.7 Å². The molecule has 1 aromatic rings. The number of amides is 1. The largest absolute Gasteiger partial charge is 0.480 e. The van der Waals surface area contributed by atoms with E-state index in [2.05, 4.69) is 0 Å². The molecule has 2 aliphatic rings. The van der Waals surface area contributed by atoms with Crippen molar-refractivity contribution < 1.29 is 19.4 Å². The molecule has 21 heavy (non-hydrogen) atoms. The van der Waals surface area contributed by atoms with Gasteiger partial charge < -0.3 is 9.84 Å². The van der Waals surface area contributed by atoms with Crippen LogP contribution in [0.1, 0.15) is 31.2 Å². The molecule has 0 spiro atoms. The van der Waals surface area contributed by atoms with Crippen LogP contribution in [0.15, 0.2) is 24.3 Å². The third-order valence-electron chi connectivity index (χ3n) is 4.23. The molecule has 2 unspecified atom stereocenters. The Morgan fingerprint density at radius 1 is 1.33 bits per heavy atom. The summed E-state index contributed by atoms with van der Waals surface area (Å²) in [7, 11) is 0. The Hall–Kier alpha value is -1.88. The number of benzene rings is 1. The standard InChI is InChI=1S/C16H19NO4/c18-15(8-7-12-5-3-9-21-12)17-13-6-2-1-4-11(13)10-14(17)16(19)20/h1-2,4,6,12,14H,3,5,7-10H2,(H,19,20). The Morgan fingerprint density at radius 3 is 2.86 bits per heavy atom. The molecular weight excluding hydrogens is 270 g/mol. The molecule has 1 amide bonds. The molecule has 5 nitrogen and oxygen atoms in total. The molecule has 0 radical (unpaired) electrons. The molecule has 5 heteroatoms. The second-order valence-electron chi connectivity index (χ2n) is 5.62. The van der Waals surface area contributed by atoms with Crippen molar-refractivity contribution in [3.8, 4) is 0 Å². The summed E-state index contributed by atoms with van der Waals surface area (Å²) < 4.78 is 5.52. The van der Waals surface area contributed by atoms with E-state index in [1.54, 1.807) is 0 Å². The number of nitrogens with zero attached hydrogens (tertiary/aromatic N) is 1. The number of para-hydroxylation sites is 1. The van der Waals surface area contributed by atoms with Crippen molar-refractivity contribution in [3.05, 3.63) is 29.8 Å². The number of aliphatic carboxylic acids is 1. The average molecular weight is 289 g/mol. The van der Waals surface area contributed by atoms with E-state index in [1.165, 1.54) is 4.90 Å². The molecule has 0 aromatic heterocycles. The van der Waals surface area contributed by atoms with Crippen LogP contribution in [0.5, 0.6) is 0 Å². The normalized spacial score (nSPS) is 24.1. The molecule has 1 N–H and O–H groups in total. The van der Waals surface area contributed by atoms with E-state index in [4.69, 9.17) is 4.74 Å². The zero-order valence-electron chi connectivity index (χ0n) is 11.8. The highest BCUT2D eigenvalue weighted by Crippen LogP contribution is 2.33. The van der Waals surface area contributed by atoms with Gasteiger partial charge in [0.05, 0.1) is 6.10 Å². The maximum atomic E-state index is 12.5. The van der Waals surface area contributed by atoms with Gasteiger partial charge in [0.25, 0.3) is 0 Å². The van der Waals surface area contributed by atoms with Crippen molar-refractivity contribution in [2.45, 2.75) is 44.2 Å². The minimum Gasteiger partial charge on any atom is -0.480 e. The van der Waals surface area contributed by atoms with E-state index < -0.39 is 12.0 Å². The Kier molecular flexibility index (Phi) is 3.92. The summed E-state index contributed by atoms with van der Waals surface area (Å²) in [5.41, 5.74) is 1.66. The molecule has 3 rings (SSSR count). The Bertz CT molecular complexity index is 551. The molecule has 0 bridgehead atoms. The molecule has 2 heterocycles. The molecule has 0 saturated carbocycles. The van der Waals surface area contributed by atoms with Crippen molar-refractivity contribution in [3.63, 3.8) is 0 Å². The lowest BCUT2D eigenvalue weighted by atomic mass is 10.1. The fraction of sp³-hybridized carbons (Fsp3) is 0.500. The number of hydrogen-bond acceptors (Lipinski definition) is 3. The summed E-state index contributed by atoms with van der Waals surface area (Å²) >= 11 is 0. The number of hydrogen-bond donors (Lipinski definition) is 1. The smallest absolute Gasteiger partial charge is 0.327 e. The Morgan fingerprint density at radius 2 is 2.14 bits per heavy atom. The molecule has 2 atom stereocenters. The van der Waals surface area contributed by atoms with Gasteiger partial charge in [0.2, 0.25) is 5.91 Å². The molecule has 112 valence electrons. The van der Waals surface area contributed by atoms with Gasteiger partial charge in [-0.2, -0.15) is 0 Å². The van der Waals surface area contributed by atoms with Crippen LogP contribution in [-0.2, 0) is 20.7 Å². The number of carbonyl (C=O) groups excluding carboxylic acids is 1. The van der Waals surface area contributed by atoms with Crippen molar-refractivity contribution in [2.24, 2.45) is 0 Å². The second-order valence-corrected chi connectivity index (χ2v) is 5.62. The fourth-order valence-electron chi connectivity index (χ4n) is 3.17. The molecular formula is C16H19NO4. The van der Waals surface area contributed by atoms with Gasteiger partial charge in [0.1, 0.15) is 6.04 Å². The molecule has 1 fully saturated rings. The van der Waals surface area contributed by atoms with Crippen LogP contribution in [0, 0.1) is 0 Å². The first kappa shape index (κ1) is 14.1. The first-order valence-electron chi connectivity index (χ1n) is 7.41. The van der Waals surface area contributed by atoms with Crippen molar-refractivity contribution >= 4 is 17.6 Å². The van der Waals surface area contributed by atoms with Gasteiger partial charge in [-0.05, 0) is 30.9 Å². The van der Waals surface area contributed by atoms with Crippen LogP contribution < -0.4 is 4.90 Å². The number of fused-ring (bicyclic) bond motifs is 1. The van der Waals surface area contributed by atoms with Crippen LogP contribution in [0.3, 0.4) is 0 Å². The van der Waals surface area contributed by atoms with E-state index in [9.17, 15) is 14.7 Å². The predicted octanol–water partition coefficient (Wildman–Crippen LogP) is 1.99. The van der Waals surface area contributed by atoms with Gasteiger partial charge in [-0.3, -0.25) is 9.69 Å². The molecule has 2 aliphatic heterocycles. The van der Waals surface area contributed by atoms with Crippen LogP contribution in [0.25, 0.3) is 0 Å². The second kappa shape index (κ2) is 5.85. The van der Waals surface area contributed by atoms with Crippen molar-refractivity contribution in [1.82, 2.24) is 0 Å². The first-order valence-corrected chi connectivity index (χ1v) is 7.41. The summed E-state index contributed by atoms with van der Waals surface area (Å²) in [6.45, 7) is 0.767. The third-order valence-corrected chi connectivity index (χ3v) is 4.23. The summed E-state index contributed by atoms with van der Waals surface area (Å²) in [6.07, 6.45) is 3.58. The number of carbonyl (C=O) groups is 2. The lowest BCUT2D eigenvalue weighted by Gasteiger charge is -2.23. The van der Waals surface area contributed by atoms with Gasteiger partial charge in [0.15, 0.2) is 0 Å². The minimum atomic E-state index is -0.948. The number of rotatable bonds is 4. The van der Waals surface area contributed by atoms with E-state index >= 15 is 0 Å². The minimum absolute atomic E-state index is 0.122. The van der Waals surface area contributed by atoms with Gasteiger partial charge in [-0.1, -0.05) is 18.2 Å². The highest BCUT2D eigenvalue weighted by atomic mass is 16.5.